The van der Waals surface area contributed by atoms with Crippen LogP contribution in [-0.4, -0.2) is 0 Å². The summed E-state index contributed by atoms with van der Waals surface area (Å²) in [5, 5.41) is 3.67. The molecule has 0 aliphatic heterocycles. The maximum atomic E-state index is 5.66. The van der Waals surface area contributed by atoms with Crippen LogP contribution in [0.5, 0.6) is 0 Å². The predicted molar refractivity (Wildman–Crippen MR) is 95.9 cm³/mol. The van der Waals surface area contributed by atoms with Crippen LogP contribution < -0.4 is 11.1 Å². The normalized spacial score (nSPS) is 10.9. The molecule has 116 valence electrons. The minimum atomic E-state index is 0.187. The highest BCUT2D eigenvalue weighted by atomic mass is 14.9. The zero-order valence-corrected chi connectivity index (χ0v) is 13.2. The second-order valence-corrected chi connectivity index (χ2v) is 5.66. The summed E-state index contributed by atoms with van der Waals surface area (Å²) in [6, 6.07) is 29.8. The van der Waals surface area contributed by atoms with Gasteiger partial charge in [0.15, 0.2) is 0 Å². The molecule has 0 bridgehead atoms. The molecular weight excluding hydrogens is 280 g/mol. The number of hydrogen-bond donors (Lipinski definition) is 2. The lowest BCUT2D eigenvalue weighted by atomic mass is 9.98. The van der Waals surface area contributed by atoms with E-state index in [1.807, 2.05) is 0 Å². The van der Waals surface area contributed by atoms with Gasteiger partial charge < -0.3 is 11.1 Å². The summed E-state index contributed by atoms with van der Waals surface area (Å²) in [4.78, 5) is 0. The molecule has 0 radical (unpaired) electrons. The van der Waals surface area contributed by atoms with Gasteiger partial charge in [-0.1, -0.05) is 84.9 Å². The quantitative estimate of drug-likeness (QED) is 0.721. The maximum absolute atomic E-state index is 5.66. The van der Waals surface area contributed by atoms with Gasteiger partial charge in [0.05, 0.1) is 6.04 Å². The zero-order valence-electron chi connectivity index (χ0n) is 13.2. The molecule has 0 amide bonds. The molecule has 0 fully saturated rings. The molecule has 0 unspecified atom stereocenters. The van der Waals surface area contributed by atoms with Crippen molar-refractivity contribution in [3.05, 3.63) is 107 Å². The van der Waals surface area contributed by atoms with Gasteiger partial charge in [0.1, 0.15) is 0 Å². The molecular formula is C21H22N2. The predicted octanol–water partition coefficient (Wildman–Crippen LogP) is 4.02. The number of nitrogens with one attached hydrogen (secondary N) is 1. The molecule has 2 nitrogen and oxygen atoms in total. The molecule has 3 aromatic carbocycles. The molecule has 3 aromatic rings. The molecule has 0 saturated heterocycles. The summed E-state index contributed by atoms with van der Waals surface area (Å²) >= 11 is 0. The lowest BCUT2D eigenvalue weighted by molar-refractivity contribution is 0.605. The average Bonchev–Trinajstić information content (AvgIpc) is 2.64. The Hall–Kier alpha value is -2.42. The third kappa shape index (κ3) is 4.07. The van der Waals surface area contributed by atoms with Crippen molar-refractivity contribution in [3.8, 4) is 0 Å². The van der Waals surface area contributed by atoms with E-state index in [2.05, 4.69) is 90.2 Å². The monoisotopic (exact) mass is 302 g/mol. The van der Waals surface area contributed by atoms with Gasteiger partial charge in [0, 0.05) is 13.1 Å². The Labute approximate surface area is 138 Å². The van der Waals surface area contributed by atoms with E-state index in [0.717, 1.165) is 12.1 Å². The van der Waals surface area contributed by atoms with Gasteiger partial charge in [-0.25, -0.2) is 0 Å². The molecule has 0 aliphatic rings. The van der Waals surface area contributed by atoms with E-state index in [9.17, 15) is 0 Å². The number of hydrogen-bond acceptors (Lipinski definition) is 2. The van der Waals surface area contributed by atoms with Gasteiger partial charge >= 0.3 is 0 Å². The number of rotatable bonds is 6. The van der Waals surface area contributed by atoms with Crippen molar-refractivity contribution < 1.29 is 0 Å². The largest absolute Gasteiger partial charge is 0.326 e. The van der Waals surface area contributed by atoms with E-state index in [1.165, 1.54) is 16.7 Å². The lowest BCUT2D eigenvalue weighted by Gasteiger charge is -2.20. The zero-order chi connectivity index (χ0) is 15.9. The fourth-order valence-corrected chi connectivity index (χ4v) is 2.73. The van der Waals surface area contributed by atoms with Crippen molar-refractivity contribution in [2.75, 3.05) is 0 Å². The van der Waals surface area contributed by atoms with Crippen LogP contribution in [0.3, 0.4) is 0 Å². The Morgan fingerprint density at radius 3 is 1.61 bits per heavy atom. The molecule has 0 heterocycles. The fraction of sp³-hybridized carbons (Fsp3) is 0.143. The van der Waals surface area contributed by atoms with Crippen LogP contribution in [0.2, 0.25) is 0 Å². The Kier molecular flexibility index (Phi) is 5.20. The molecule has 0 atom stereocenters. The first-order chi connectivity index (χ1) is 11.4. The van der Waals surface area contributed by atoms with Crippen LogP contribution in [-0.2, 0) is 13.1 Å². The van der Waals surface area contributed by atoms with E-state index in [0.29, 0.717) is 6.54 Å². The smallest absolute Gasteiger partial charge is 0.0579 e. The fourth-order valence-electron chi connectivity index (χ4n) is 2.73. The molecule has 3 rings (SSSR count). The highest BCUT2D eigenvalue weighted by molar-refractivity contribution is 5.32. The summed E-state index contributed by atoms with van der Waals surface area (Å²) in [5.74, 6) is 0. The third-order valence-corrected chi connectivity index (χ3v) is 4.03. The van der Waals surface area contributed by atoms with Crippen molar-refractivity contribution in [2.45, 2.75) is 19.1 Å². The summed E-state index contributed by atoms with van der Waals surface area (Å²) in [6.07, 6.45) is 0. The van der Waals surface area contributed by atoms with Crippen molar-refractivity contribution in [1.82, 2.24) is 5.32 Å². The van der Waals surface area contributed by atoms with Crippen LogP contribution in [0.4, 0.5) is 0 Å². The van der Waals surface area contributed by atoms with E-state index >= 15 is 0 Å². The second-order valence-electron chi connectivity index (χ2n) is 5.66. The van der Waals surface area contributed by atoms with Gasteiger partial charge in [-0.3, -0.25) is 0 Å². The third-order valence-electron chi connectivity index (χ3n) is 4.03. The first kappa shape index (κ1) is 15.5. The highest BCUT2D eigenvalue weighted by Gasteiger charge is 2.12. The first-order valence-corrected chi connectivity index (χ1v) is 7.98. The van der Waals surface area contributed by atoms with Gasteiger partial charge in [-0.05, 0) is 22.3 Å². The van der Waals surface area contributed by atoms with E-state index in [1.54, 1.807) is 0 Å². The SMILES string of the molecule is NCc1ccc(CNC(c2ccccc2)c2ccccc2)cc1. The highest BCUT2D eigenvalue weighted by Crippen LogP contribution is 2.22. The van der Waals surface area contributed by atoms with Crippen LogP contribution in [0.1, 0.15) is 28.3 Å². The first-order valence-electron chi connectivity index (χ1n) is 7.98. The van der Waals surface area contributed by atoms with Crippen LogP contribution in [0.15, 0.2) is 84.9 Å². The van der Waals surface area contributed by atoms with Gasteiger partial charge in [0.25, 0.3) is 0 Å². The van der Waals surface area contributed by atoms with Gasteiger partial charge in [-0.15, -0.1) is 0 Å². The Morgan fingerprint density at radius 2 is 1.13 bits per heavy atom. The van der Waals surface area contributed by atoms with Gasteiger partial charge in [0.2, 0.25) is 0 Å². The standard InChI is InChI=1S/C21H22N2/c22-15-17-11-13-18(14-12-17)16-23-21(19-7-3-1-4-8-19)20-9-5-2-6-10-20/h1-14,21,23H,15-16,22H2. The van der Waals surface area contributed by atoms with E-state index in [-0.39, 0.29) is 6.04 Å². The summed E-state index contributed by atoms with van der Waals surface area (Å²) < 4.78 is 0. The molecule has 0 spiro atoms. The number of nitrogens with two attached hydrogens (primary N) is 1. The van der Waals surface area contributed by atoms with Crippen LogP contribution in [0, 0.1) is 0 Å². The van der Waals surface area contributed by atoms with E-state index in [4.69, 9.17) is 5.73 Å². The molecule has 0 saturated carbocycles. The Balaban J connectivity index is 1.79. The molecule has 23 heavy (non-hydrogen) atoms. The topological polar surface area (TPSA) is 38.0 Å². The van der Waals surface area contributed by atoms with Crippen molar-refractivity contribution in [3.63, 3.8) is 0 Å². The number of benzene rings is 3. The minimum Gasteiger partial charge on any atom is -0.326 e. The molecule has 2 heteroatoms. The van der Waals surface area contributed by atoms with Crippen molar-refractivity contribution in [1.29, 1.82) is 0 Å². The minimum absolute atomic E-state index is 0.187. The maximum Gasteiger partial charge on any atom is 0.0579 e. The Bertz CT molecular complexity index is 666. The summed E-state index contributed by atoms with van der Waals surface area (Å²) in [5.41, 5.74) is 10.6. The van der Waals surface area contributed by atoms with Crippen LogP contribution in [0.25, 0.3) is 0 Å². The molecule has 3 N–H and O–H groups in total. The second kappa shape index (κ2) is 7.73. The Morgan fingerprint density at radius 1 is 0.652 bits per heavy atom. The summed E-state index contributed by atoms with van der Waals surface area (Å²) in [7, 11) is 0. The van der Waals surface area contributed by atoms with Crippen LogP contribution >= 0.6 is 0 Å². The average molecular weight is 302 g/mol. The summed E-state index contributed by atoms with van der Waals surface area (Å²) in [6.45, 7) is 1.41. The van der Waals surface area contributed by atoms with E-state index < -0.39 is 0 Å². The van der Waals surface area contributed by atoms with Crippen molar-refractivity contribution >= 4 is 0 Å². The lowest BCUT2D eigenvalue weighted by Crippen LogP contribution is -2.22. The molecule has 0 aromatic heterocycles. The molecule has 0 aliphatic carbocycles. The van der Waals surface area contributed by atoms with Crippen molar-refractivity contribution in [2.24, 2.45) is 5.73 Å². The van der Waals surface area contributed by atoms with Gasteiger partial charge in [-0.2, -0.15) is 0 Å².